The van der Waals surface area contributed by atoms with E-state index in [1.54, 1.807) is 7.05 Å². The second kappa shape index (κ2) is 8.49. The van der Waals surface area contributed by atoms with E-state index in [4.69, 9.17) is 14.0 Å². The Morgan fingerprint density at radius 3 is 2.18 bits per heavy atom. The summed E-state index contributed by atoms with van der Waals surface area (Å²) in [6, 6.07) is 0.919. The van der Waals surface area contributed by atoms with E-state index < -0.39 is 14.7 Å². The molecule has 1 amide bonds. The molecule has 0 rings (SSSR count). The molecule has 0 aliphatic heterocycles. The highest BCUT2D eigenvalue weighted by molar-refractivity contribution is 6.66. The van der Waals surface area contributed by atoms with Gasteiger partial charge < -0.3 is 18.9 Å². The Kier molecular flexibility index (Phi) is 8.19. The number of hydrogen-bond acceptors (Lipinski definition) is 3. The lowest BCUT2D eigenvalue weighted by Gasteiger charge is -2.26. The van der Waals surface area contributed by atoms with E-state index in [1.807, 2.05) is 13.8 Å². The zero-order chi connectivity index (χ0) is 13.3. The van der Waals surface area contributed by atoms with Crippen molar-refractivity contribution >= 4 is 14.7 Å². The molecule has 0 atom stereocenters. The summed E-state index contributed by atoms with van der Waals surface area (Å²) in [7, 11) is -0.427. The van der Waals surface area contributed by atoms with Crippen molar-refractivity contribution in [3.05, 3.63) is 0 Å². The van der Waals surface area contributed by atoms with Crippen LogP contribution in [0.1, 0.15) is 26.7 Å². The van der Waals surface area contributed by atoms with Crippen LogP contribution in [0.2, 0.25) is 12.6 Å². The Bertz CT molecular complexity index is 220. The molecule has 0 heterocycles. The van der Waals surface area contributed by atoms with Crippen LogP contribution in [0, 0.1) is 0 Å². The van der Waals surface area contributed by atoms with Gasteiger partial charge in [-0.3, -0.25) is 0 Å². The number of nitrogens with zero attached hydrogens (tertiary/aromatic N) is 1. The highest BCUT2D eigenvalue weighted by Gasteiger charge is 2.29. The van der Waals surface area contributed by atoms with Crippen LogP contribution in [0.15, 0.2) is 0 Å². The standard InChI is InChI=1S/C11H25NO4Si/c1-5-15-17(4,16-6-2)10-8-7-9-12(3)11(13)14/h5-10H2,1-4H3,(H,13,14). The van der Waals surface area contributed by atoms with Crippen molar-refractivity contribution in [1.29, 1.82) is 0 Å². The molecule has 0 aromatic carbocycles. The van der Waals surface area contributed by atoms with Crippen LogP contribution in [0.3, 0.4) is 0 Å². The van der Waals surface area contributed by atoms with E-state index in [1.165, 1.54) is 4.90 Å². The van der Waals surface area contributed by atoms with Crippen LogP contribution in [0.25, 0.3) is 0 Å². The first-order valence-corrected chi connectivity index (χ1v) is 8.69. The molecule has 0 saturated heterocycles. The minimum Gasteiger partial charge on any atom is -0.465 e. The normalized spacial score (nSPS) is 11.5. The zero-order valence-corrected chi connectivity index (χ0v) is 12.4. The van der Waals surface area contributed by atoms with Crippen LogP contribution in [-0.2, 0) is 8.85 Å². The topological polar surface area (TPSA) is 59.0 Å². The molecular weight excluding hydrogens is 238 g/mol. The number of rotatable bonds is 9. The van der Waals surface area contributed by atoms with Crippen LogP contribution < -0.4 is 0 Å². The Labute approximate surface area is 105 Å². The molecule has 0 aromatic rings. The maximum atomic E-state index is 10.6. The number of amides is 1. The molecule has 17 heavy (non-hydrogen) atoms. The van der Waals surface area contributed by atoms with Crippen LogP contribution in [-0.4, -0.2) is 51.5 Å². The first-order valence-electron chi connectivity index (χ1n) is 6.17. The van der Waals surface area contributed by atoms with E-state index in [-0.39, 0.29) is 0 Å². The first-order chi connectivity index (χ1) is 7.95. The molecule has 0 radical (unpaired) electrons. The summed E-state index contributed by atoms with van der Waals surface area (Å²) in [5.41, 5.74) is 0. The Balaban J connectivity index is 3.86. The Morgan fingerprint density at radius 1 is 1.24 bits per heavy atom. The van der Waals surface area contributed by atoms with Gasteiger partial charge in [-0.1, -0.05) is 0 Å². The van der Waals surface area contributed by atoms with Crippen molar-refractivity contribution < 1.29 is 18.8 Å². The highest BCUT2D eigenvalue weighted by Crippen LogP contribution is 2.17. The summed E-state index contributed by atoms with van der Waals surface area (Å²) < 4.78 is 11.4. The molecule has 0 aliphatic carbocycles. The maximum absolute atomic E-state index is 10.6. The number of carbonyl (C=O) groups is 1. The third-order valence-electron chi connectivity index (χ3n) is 2.60. The minimum atomic E-state index is -2.01. The average molecular weight is 263 g/mol. The summed E-state index contributed by atoms with van der Waals surface area (Å²) in [6.45, 7) is 7.94. The van der Waals surface area contributed by atoms with E-state index >= 15 is 0 Å². The number of hydrogen-bond donors (Lipinski definition) is 1. The molecule has 0 aliphatic rings. The predicted molar refractivity (Wildman–Crippen MR) is 69.6 cm³/mol. The van der Waals surface area contributed by atoms with E-state index in [0.717, 1.165) is 18.9 Å². The van der Waals surface area contributed by atoms with Gasteiger partial charge in [-0.05, 0) is 39.3 Å². The summed E-state index contributed by atoms with van der Waals surface area (Å²) in [6.07, 6.45) is 0.922. The van der Waals surface area contributed by atoms with Gasteiger partial charge in [-0.25, -0.2) is 4.79 Å². The van der Waals surface area contributed by atoms with Crippen LogP contribution in [0.5, 0.6) is 0 Å². The quantitative estimate of drug-likeness (QED) is 0.513. The molecule has 0 fully saturated rings. The van der Waals surface area contributed by atoms with Gasteiger partial charge in [-0.2, -0.15) is 0 Å². The smallest absolute Gasteiger partial charge is 0.407 e. The molecule has 0 bridgehead atoms. The maximum Gasteiger partial charge on any atom is 0.407 e. The number of carboxylic acid groups (broad SMARTS) is 1. The van der Waals surface area contributed by atoms with Gasteiger partial charge in [0.05, 0.1) is 0 Å². The summed E-state index contributed by atoms with van der Waals surface area (Å²) in [5.74, 6) is 0. The van der Waals surface area contributed by atoms with Crippen molar-refractivity contribution in [2.45, 2.75) is 39.3 Å². The van der Waals surface area contributed by atoms with Crippen molar-refractivity contribution in [3.63, 3.8) is 0 Å². The van der Waals surface area contributed by atoms with Crippen molar-refractivity contribution in [3.8, 4) is 0 Å². The fraction of sp³-hybridized carbons (Fsp3) is 0.909. The van der Waals surface area contributed by atoms with Gasteiger partial charge in [0.15, 0.2) is 0 Å². The van der Waals surface area contributed by atoms with Crippen molar-refractivity contribution in [2.24, 2.45) is 0 Å². The average Bonchev–Trinajstić information content (AvgIpc) is 2.24. The summed E-state index contributed by atoms with van der Waals surface area (Å²) in [5, 5.41) is 8.69. The predicted octanol–water partition coefficient (Wildman–Crippen LogP) is 2.52. The first kappa shape index (κ1) is 16.4. The molecule has 0 unspecified atom stereocenters. The van der Waals surface area contributed by atoms with Crippen molar-refractivity contribution in [1.82, 2.24) is 4.90 Å². The lowest BCUT2D eigenvalue weighted by Crippen LogP contribution is -2.38. The van der Waals surface area contributed by atoms with Gasteiger partial charge in [0.1, 0.15) is 0 Å². The fourth-order valence-corrected chi connectivity index (χ4v) is 4.17. The molecule has 0 spiro atoms. The summed E-state index contributed by atoms with van der Waals surface area (Å²) >= 11 is 0. The van der Waals surface area contributed by atoms with Gasteiger partial charge in [0, 0.05) is 26.8 Å². The highest BCUT2D eigenvalue weighted by atomic mass is 28.4. The molecule has 0 saturated carbocycles. The Morgan fingerprint density at radius 2 is 1.76 bits per heavy atom. The summed E-state index contributed by atoms with van der Waals surface area (Å²) in [4.78, 5) is 11.9. The van der Waals surface area contributed by atoms with E-state index in [2.05, 4.69) is 6.55 Å². The molecule has 1 N–H and O–H groups in total. The van der Waals surface area contributed by atoms with Crippen molar-refractivity contribution in [2.75, 3.05) is 26.8 Å². The largest absolute Gasteiger partial charge is 0.465 e. The van der Waals surface area contributed by atoms with Crippen LogP contribution in [0.4, 0.5) is 4.79 Å². The van der Waals surface area contributed by atoms with E-state index in [9.17, 15) is 4.79 Å². The number of unbranched alkanes of at least 4 members (excludes halogenated alkanes) is 1. The van der Waals surface area contributed by atoms with Gasteiger partial charge in [0.25, 0.3) is 0 Å². The second-order valence-corrected chi connectivity index (χ2v) is 7.51. The minimum absolute atomic E-state index is 0.568. The van der Waals surface area contributed by atoms with Gasteiger partial charge in [0.2, 0.25) is 0 Å². The third kappa shape index (κ3) is 7.35. The molecule has 102 valence electrons. The van der Waals surface area contributed by atoms with E-state index in [0.29, 0.717) is 19.8 Å². The zero-order valence-electron chi connectivity index (χ0n) is 11.4. The van der Waals surface area contributed by atoms with Gasteiger partial charge in [-0.15, -0.1) is 0 Å². The van der Waals surface area contributed by atoms with Crippen LogP contribution >= 0.6 is 0 Å². The monoisotopic (exact) mass is 263 g/mol. The second-order valence-electron chi connectivity index (χ2n) is 4.16. The lowest BCUT2D eigenvalue weighted by molar-refractivity contribution is 0.155. The third-order valence-corrected chi connectivity index (χ3v) is 5.66. The van der Waals surface area contributed by atoms with Gasteiger partial charge >= 0.3 is 14.7 Å². The molecule has 0 aromatic heterocycles. The lowest BCUT2D eigenvalue weighted by atomic mass is 10.3. The SMILES string of the molecule is CCO[Si](C)(CCCCN(C)C(=O)O)OCC. The molecule has 6 heteroatoms. The fourth-order valence-electron chi connectivity index (χ4n) is 1.69. The molecule has 5 nitrogen and oxygen atoms in total. The molecular formula is C11H25NO4Si. The Hall–Kier alpha value is -0.593.